The summed E-state index contributed by atoms with van der Waals surface area (Å²) < 4.78 is 3.98. The molecular weight excluding hydrogens is 298 g/mol. The summed E-state index contributed by atoms with van der Waals surface area (Å²) in [6.07, 6.45) is 4.83. The van der Waals surface area contributed by atoms with Crippen LogP contribution in [0.2, 0.25) is 0 Å². The Labute approximate surface area is 143 Å². The monoisotopic (exact) mass is 323 g/mol. The van der Waals surface area contributed by atoms with Crippen LogP contribution in [0.4, 0.5) is 5.82 Å². The Bertz CT molecular complexity index is 814. The standard InChI is InChI=1S/C19H25N5/c1-4-9-17-21-18(15-13-23(3)22-16(15)5-2)19(20)24(17)12-14-10-7-6-8-11-14/h6-8,10-11,13H,4-5,9,12,20H2,1-3H3. The van der Waals surface area contributed by atoms with E-state index in [4.69, 9.17) is 10.7 Å². The maximum atomic E-state index is 6.51. The van der Waals surface area contributed by atoms with Gasteiger partial charge in [0.25, 0.3) is 0 Å². The van der Waals surface area contributed by atoms with Crippen LogP contribution in [0.5, 0.6) is 0 Å². The lowest BCUT2D eigenvalue weighted by molar-refractivity contribution is 0.712. The van der Waals surface area contributed by atoms with E-state index in [1.807, 2.05) is 24.0 Å². The van der Waals surface area contributed by atoms with Crippen LogP contribution in [0.3, 0.4) is 0 Å². The number of nitrogen functional groups attached to an aromatic ring is 1. The molecule has 0 fully saturated rings. The molecule has 2 N–H and O–H groups in total. The number of aromatic nitrogens is 4. The normalized spacial score (nSPS) is 11.1. The van der Waals surface area contributed by atoms with E-state index in [0.717, 1.165) is 54.4 Å². The SMILES string of the molecule is CCCc1nc(-c2cn(C)nc2CC)c(N)n1Cc1ccccc1. The highest BCUT2D eigenvalue weighted by Gasteiger charge is 2.19. The number of nitrogens with zero attached hydrogens (tertiary/aromatic N) is 4. The summed E-state index contributed by atoms with van der Waals surface area (Å²) in [6.45, 7) is 5.02. The molecule has 2 aromatic heterocycles. The maximum Gasteiger partial charge on any atom is 0.132 e. The van der Waals surface area contributed by atoms with Crippen LogP contribution >= 0.6 is 0 Å². The zero-order valence-electron chi connectivity index (χ0n) is 14.7. The molecule has 0 aliphatic rings. The number of aryl methyl sites for hydroxylation is 3. The molecule has 0 spiro atoms. The molecule has 0 bridgehead atoms. The van der Waals surface area contributed by atoms with Gasteiger partial charge in [-0.25, -0.2) is 4.98 Å². The molecule has 0 aliphatic carbocycles. The second-order valence-corrected chi connectivity index (χ2v) is 6.10. The highest BCUT2D eigenvalue weighted by atomic mass is 15.3. The largest absolute Gasteiger partial charge is 0.383 e. The van der Waals surface area contributed by atoms with Gasteiger partial charge in [-0.15, -0.1) is 0 Å². The third-order valence-electron chi connectivity index (χ3n) is 4.24. The van der Waals surface area contributed by atoms with E-state index in [2.05, 4.69) is 47.8 Å². The summed E-state index contributed by atoms with van der Waals surface area (Å²) in [5.74, 6) is 1.77. The first kappa shape index (κ1) is 16.3. The molecule has 0 radical (unpaired) electrons. The maximum absolute atomic E-state index is 6.51. The summed E-state index contributed by atoms with van der Waals surface area (Å²) in [6, 6.07) is 10.4. The van der Waals surface area contributed by atoms with E-state index < -0.39 is 0 Å². The highest BCUT2D eigenvalue weighted by Crippen LogP contribution is 2.30. The van der Waals surface area contributed by atoms with E-state index in [1.54, 1.807) is 0 Å². The quantitative estimate of drug-likeness (QED) is 0.756. The summed E-state index contributed by atoms with van der Waals surface area (Å²) in [7, 11) is 1.94. The first-order valence-corrected chi connectivity index (χ1v) is 8.55. The molecular formula is C19H25N5. The van der Waals surface area contributed by atoms with Gasteiger partial charge in [0.1, 0.15) is 17.3 Å². The van der Waals surface area contributed by atoms with E-state index in [9.17, 15) is 0 Å². The molecule has 0 unspecified atom stereocenters. The number of anilines is 1. The van der Waals surface area contributed by atoms with Gasteiger partial charge in [-0.1, -0.05) is 44.2 Å². The average Bonchev–Trinajstić information content (AvgIpc) is 3.10. The molecule has 3 rings (SSSR count). The van der Waals surface area contributed by atoms with Crippen molar-refractivity contribution in [2.24, 2.45) is 7.05 Å². The fourth-order valence-electron chi connectivity index (χ4n) is 3.06. The summed E-state index contributed by atoms with van der Waals surface area (Å²) >= 11 is 0. The van der Waals surface area contributed by atoms with E-state index in [1.165, 1.54) is 5.56 Å². The summed E-state index contributed by atoms with van der Waals surface area (Å²) in [5.41, 5.74) is 10.7. The number of benzene rings is 1. The van der Waals surface area contributed by atoms with Crippen molar-refractivity contribution in [2.75, 3.05) is 5.73 Å². The Morgan fingerprint density at radius 1 is 1.12 bits per heavy atom. The molecule has 0 aliphatic heterocycles. The first-order chi connectivity index (χ1) is 11.6. The van der Waals surface area contributed by atoms with Crippen LogP contribution in [0.25, 0.3) is 11.3 Å². The van der Waals surface area contributed by atoms with Crippen LogP contribution < -0.4 is 5.73 Å². The van der Waals surface area contributed by atoms with Gasteiger partial charge in [-0.3, -0.25) is 4.68 Å². The van der Waals surface area contributed by atoms with Gasteiger partial charge in [0.15, 0.2) is 0 Å². The molecule has 0 saturated carbocycles. The smallest absolute Gasteiger partial charge is 0.132 e. The molecule has 126 valence electrons. The van der Waals surface area contributed by atoms with Gasteiger partial charge < -0.3 is 10.3 Å². The second-order valence-electron chi connectivity index (χ2n) is 6.10. The molecule has 5 nitrogen and oxygen atoms in total. The topological polar surface area (TPSA) is 61.7 Å². The predicted molar refractivity (Wildman–Crippen MR) is 97.8 cm³/mol. The van der Waals surface area contributed by atoms with Crippen molar-refractivity contribution >= 4 is 5.82 Å². The van der Waals surface area contributed by atoms with Gasteiger partial charge in [-0.05, 0) is 18.4 Å². The predicted octanol–water partition coefficient (Wildman–Crippen LogP) is 3.43. The molecule has 0 atom stereocenters. The van der Waals surface area contributed by atoms with Crippen LogP contribution in [0.15, 0.2) is 36.5 Å². The van der Waals surface area contributed by atoms with Crippen LogP contribution in [0.1, 0.15) is 37.4 Å². The van der Waals surface area contributed by atoms with Crippen molar-refractivity contribution in [2.45, 2.75) is 39.7 Å². The number of nitrogens with two attached hydrogens (primary N) is 1. The minimum Gasteiger partial charge on any atom is -0.383 e. The van der Waals surface area contributed by atoms with E-state index >= 15 is 0 Å². The lowest BCUT2D eigenvalue weighted by Gasteiger charge is -2.09. The highest BCUT2D eigenvalue weighted by molar-refractivity contribution is 5.72. The Balaban J connectivity index is 2.07. The first-order valence-electron chi connectivity index (χ1n) is 8.55. The van der Waals surface area contributed by atoms with Gasteiger partial charge in [0.2, 0.25) is 0 Å². The van der Waals surface area contributed by atoms with E-state index in [0.29, 0.717) is 0 Å². The Kier molecular flexibility index (Phi) is 4.69. The Morgan fingerprint density at radius 3 is 2.54 bits per heavy atom. The van der Waals surface area contributed by atoms with Crippen molar-refractivity contribution in [1.82, 2.24) is 19.3 Å². The van der Waals surface area contributed by atoms with Gasteiger partial charge in [0, 0.05) is 25.2 Å². The van der Waals surface area contributed by atoms with Crippen molar-refractivity contribution in [3.8, 4) is 11.3 Å². The van der Waals surface area contributed by atoms with Crippen molar-refractivity contribution in [3.05, 3.63) is 53.6 Å². The third-order valence-corrected chi connectivity index (χ3v) is 4.24. The summed E-state index contributed by atoms with van der Waals surface area (Å²) in [4.78, 5) is 4.87. The molecule has 5 heteroatoms. The van der Waals surface area contributed by atoms with Gasteiger partial charge >= 0.3 is 0 Å². The molecule has 2 heterocycles. The van der Waals surface area contributed by atoms with Crippen molar-refractivity contribution < 1.29 is 0 Å². The number of rotatable bonds is 6. The zero-order valence-corrected chi connectivity index (χ0v) is 14.7. The lowest BCUT2D eigenvalue weighted by atomic mass is 10.1. The van der Waals surface area contributed by atoms with Crippen molar-refractivity contribution in [3.63, 3.8) is 0 Å². The molecule has 0 saturated heterocycles. The molecule has 24 heavy (non-hydrogen) atoms. The zero-order chi connectivity index (χ0) is 17.1. The number of imidazole rings is 1. The Hall–Kier alpha value is -2.56. The molecule has 0 amide bonds. The Morgan fingerprint density at radius 2 is 1.88 bits per heavy atom. The van der Waals surface area contributed by atoms with Crippen LogP contribution in [0, 0.1) is 0 Å². The number of hydrogen-bond acceptors (Lipinski definition) is 3. The van der Waals surface area contributed by atoms with E-state index in [-0.39, 0.29) is 0 Å². The second kappa shape index (κ2) is 6.91. The lowest BCUT2D eigenvalue weighted by Crippen LogP contribution is -2.08. The fraction of sp³-hybridized carbons (Fsp3) is 0.368. The molecule has 1 aromatic carbocycles. The third kappa shape index (κ3) is 3.07. The average molecular weight is 323 g/mol. The molecule has 3 aromatic rings. The number of hydrogen-bond donors (Lipinski definition) is 1. The summed E-state index contributed by atoms with van der Waals surface area (Å²) in [5, 5.41) is 4.53. The van der Waals surface area contributed by atoms with Gasteiger partial charge in [-0.2, -0.15) is 5.10 Å². The van der Waals surface area contributed by atoms with Crippen LogP contribution in [-0.4, -0.2) is 19.3 Å². The van der Waals surface area contributed by atoms with Crippen molar-refractivity contribution in [1.29, 1.82) is 0 Å². The van der Waals surface area contributed by atoms with Crippen LogP contribution in [-0.2, 0) is 26.4 Å². The van der Waals surface area contributed by atoms with Gasteiger partial charge in [0.05, 0.1) is 12.2 Å². The fourth-order valence-corrected chi connectivity index (χ4v) is 3.06. The minimum atomic E-state index is 0.727. The minimum absolute atomic E-state index is 0.727.